The highest BCUT2D eigenvalue weighted by molar-refractivity contribution is 9.10. The quantitative estimate of drug-likeness (QED) is 0.845. The average Bonchev–Trinajstić information content (AvgIpc) is 2.36. The Balaban J connectivity index is 2.40. The van der Waals surface area contributed by atoms with Crippen molar-refractivity contribution in [1.82, 2.24) is 10.2 Å². The summed E-state index contributed by atoms with van der Waals surface area (Å²) in [4.78, 5) is 36.9. The molecule has 1 saturated heterocycles. The lowest BCUT2D eigenvalue weighted by Crippen LogP contribution is -2.57. The molecule has 0 spiro atoms. The van der Waals surface area contributed by atoms with Gasteiger partial charge >= 0.3 is 6.03 Å². The van der Waals surface area contributed by atoms with Crippen molar-refractivity contribution in [1.29, 1.82) is 0 Å². The number of hydrogen-bond acceptors (Lipinski definition) is 3. The Labute approximate surface area is 128 Å². The van der Waals surface area contributed by atoms with Crippen LogP contribution in [0.1, 0.15) is 11.5 Å². The van der Waals surface area contributed by atoms with Gasteiger partial charge in [0.05, 0.1) is 6.54 Å². The third-order valence-corrected chi connectivity index (χ3v) is 3.64. The fraction of sp³-hybridized carbons (Fsp3) is 0.154. The molecule has 0 aliphatic carbocycles. The molecule has 1 N–H and O–H groups in total. The van der Waals surface area contributed by atoms with Crippen LogP contribution in [0.5, 0.6) is 0 Å². The summed E-state index contributed by atoms with van der Waals surface area (Å²) in [5.74, 6) is -2.35. The van der Waals surface area contributed by atoms with Crippen LogP contribution in [0.3, 0.4) is 0 Å². The number of barbiturate groups is 1. The number of benzene rings is 1. The lowest BCUT2D eigenvalue weighted by molar-refractivity contribution is -0.138. The molecule has 0 bridgehead atoms. The van der Waals surface area contributed by atoms with Crippen LogP contribution in [0.15, 0.2) is 40.3 Å². The Hall–Kier alpha value is -1.66. The molecule has 104 valence electrons. The van der Waals surface area contributed by atoms with Gasteiger partial charge in [-0.15, -0.1) is 0 Å². The molecule has 5 nitrogen and oxygen atoms in total. The zero-order valence-corrected chi connectivity index (χ0v) is 12.6. The molecule has 1 heterocycles. The van der Waals surface area contributed by atoms with Gasteiger partial charge in [-0.25, -0.2) is 4.79 Å². The SMILES string of the molecule is C=C(Cl)CN1C(=O)NC(=O)C(c2ccccc2Br)C1=O. The fourth-order valence-electron chi connectivity index (χ4n) is 1.92. The number of nitrogens with zero attached hydrogens (tertiary/aromatic N) is 1. The van der Waals surface area contributed by atoms with Crippen LogP contribution in [-0.4, -0.2) is 29.3 Å². The summed E-state index contributed by atoms with van der Waals surface area (Å²) in [5.41, 5.74) is 0.493. The summed E-state index contributed by atoms with van der Waals surface area (Å²) in [6.45, 7) is 3.31. The van der Waals surface area contributed by atoms with E-state index in [-0.39, 0.29) is 11.6 Å². The molecule has 4 amide bonds. The van der Waals surface area contributed by atoms with Crippen molar-refractivity contribution < 1.29 is 14.4 Å². The van der Waals surface area contributed by atoms with Gasteiger partial charge in [-0.3, -0.25) is 19.8 Å². The molecule has 1 atom stereocenters. The standard InChI is InChI=1S/C13H10BrClN2O3/c1-7(15)6-17-12(19)10(11(18)16-13(17)20)8-4-2-3-5-9(8)14/h2-5,10H,1,6H2,(H,16,18,20). The second kappa shape index (κ2) is 5.76. The van der Waals surface area contributed by atoms with Crippen molar-refractivity contribution in [3.05, 3.63) is 45.9 Å². The minimum absolute atomic E-state index is 0.133. The Bertz CT molecular complexity index is 617. The first-order valence-electron chi connectivity index (χ1n) is 5.65. The molecular formula is C13H10BrClN2O3. The molecular weight excluding hydrogens is 348 g/mol. The van der Waals surface area contributed by atoms with E-state index >= 15 is 0 Å². The smallest absolute Gasteiger partial charge is 0.277 e. The summed E-state index contributed by atoms with van der Waals surface area (Å²) < 4.78 is 0.618. The van der Waals surface area contributed by atoms with E-state index < -0.39 is 23.8 Å². The molecule has 1 fully saturated rings. The predicted octanol–water partition coefficient (Wildman–Crippen LogP) is 2.36. The van der Waals surface area contributed by atoms with Gasteiger partial charge in [0.15, 0.2) is 0 Å². The molecule has 1 aromatic rings. The van der Waals surface area contributed by atoms with Crippen molar-refractivity contribution in [2.75, 3.05) is 6.54 Å². The molecule has 1 unspecified atom stereocenters. The number of carbonyl (C=O) groups is 3. The van der Waals surface area contributed by atoms with Gasteiger partial charge in [0.2, 0.25) is 11.8 Å². The highest BCUT2D eigenvalue weighted by Gasteiger charge is 2.42. The minimum Gasteiger partial charge on any atom is -0.277 e. The highest BCUT2D eigenvalue weighted by atomic mass is 79.9. The summed E-state index contributed by atoms with van der Waals surface area (Å²) in [7, 11) is 0. The highest BCUT2D eigenvalue weighted by Crippen LogP contribution is 2.29. The monoisotopic (exact) mass is 356 g/mol. The van der Waals surface area contributed by atoms with Crippen molar-refractivity contribution in [2.24, 2.45) is 0 Å². The van der Waals surface area contributed by atoms with Gasteiger partial charge in [0.1, 0.15) is 5.92 Å². The number of rotatable bonds is 3. The van der Waals surface area contributed by atoms with Gasteiger partial charge < -0.3 is 0 Å². The molecule has 20 heavy (non-hydrogen) atoms. The number of carbonyl (C=O) groups excluding carboxylic acids is 3. The topological polar surface area (TPSA) is 66.5 Å². The number of halogens is 2. The molecule has 1 aliphatic rings. The van der Waals surface area contributed by atoms with E-state index in [1.165, 1.54) is 0 Å². The molecule has 0 radical (unpaired) electrons. The second-order valence-corrected chi connectivity index (χ2v) is 5.58. The van der Waals surface area contributed by atoms with Crippen molar-refractivity contribution >= 4 is 45.4 Å². The van der Waals surface area contributed by atoms with Gasteiger partial charge in [-0.1, -0.05) is 52.3 Å². The Kier molecular flexibility index (Phi) is 4.25. The van der Waals surface area contributed by atoms with Crippen LogP contribution >= 0.6 is 27.5 Å². The van der Waals surface area contributed by atoms with E-state index in [1.807, 2.05) is 0 Å². The number of urea groups is 1. The van der Waals surface area contributed by atoms with Crippen LogP contribution < -0.4 is 5.32 Å². The normalized spacial score (nSPS) is 19.0. The zero-order valence-electron chi connectivity index (χ0n) is 10.2. The molecule has 0 aromatic heterocycles. The van der Waals surface area contributed by atoms with Gasteiger partial charge in [-0.2, -0.15) is 0 Å². The van der Waals surface area contributed by atoms with E-state index in [4.69, 9.17) is 11.6 Å². The fourth-order valence-corrected chi connectivity index (χ4v) is 2.55. The lowest BCUT2D eigenvalue weighted by Gasteiger charge is -2.30. The Morgan fingerprint density at radius 3 is 2.60 bits per heavy atom. The van der Waals surface area contributed by atoms with E-state index in [9.17, 15) is 14.4 Å². The molecule has 0 saturated carbocycles. The van der Waals surface area contributed by atoms with E-state index in [0.717, 1.165) is 4.90 Å². The molecule has 1 aromatic carbocycles. The Morgan fingerprint density at radius 2 is 2.00 bits per heavy atom. The van der Waals surface area contributed by atoms with E-state index in [1.54, 1.807) is 24.3 Å². The van der Waals surface area contributed by atoms with Crippen LogP contribution in [0, 0.1) is 0 Å². The van der Waals surface area contributed by atoms with Gasteiger partial charge in [-0.05, 0) is 11.6 Å². The average molecular weight is 358 g/mol. The molecule has 1 aliphatic heterocycles. The van der Waals surface area contributed by atoms with Crippen molar-refractivity contribution in [3.8, 4) is 0 Å². The second-order valence-electron chi connectivity index (χ2n) is 4.19. The van der Waals surface area contributed by atoms with Gasteiger partial charge in [0.25, 0.3) is 0 Å². The van der Waals surface area contributed by atoms with Crippen LogP contribution in [0.4, 0.5) is 4.79 Å². The first kappa shape index (κ1) is 14.7. The summed E-state index contributed by atoms with van der Waals surface area (Å²) >= 11 is 8.93. The largest absolute Gasteiger partial charge is 0.331 e. The van der Waals surface area contributed by atoms with E-state index in [2.05, 4.69) is 27.8 Å². The first-order valence-corrected chi connectivity index (χ1v) is 6.83. The third kappa shape index (κ3) is 2.76. The van der Waals surface area contributed by atoms with Crippen molar-refractivity contribution in [2.45, 2.75) is 5.92 Å². The zero-order chi connectivity index (χ0) is 14.9. The summed E-state index contributed by atoms with van der Waals surface area (Å²) in [5, 5.41) is 2.28. The predicted molar refractivity (Wildman–Crippen MR) is 77.1 cm³/mol. The third-order valence-electron chi connectivity index (χ3n) is 2.80. The molecule has 7 heteroatoms. The lowest BCUT2D eigenvalue weighted by atomic mass is 9.95. The Morgan fingerprint density at radius 1 is 1.35 bits per heavy atom. The maximum atomic E-state index is 12.4. The maximum absolute atomic E-state index is 12.4. The number of amides is 4. The summed E-state index contributed by atoms with van der Waals surface area (Å²) in [6, 6.07) is 6.06. The summed E-state index contributed by atoms with van der Waals surface area (Å²) in [6.07, 6.45) is 0. The maximum Gasteiger partial charge on any atom is 0.331 e. The van der Waals surface area contributed by atoms with Crippen molar-refractivity contribution in [3.63, 3.8) is 0 Å². The minimum atomic E-state index is -1.08. The number of imide groups is 2. The molecule has 2 rings (SSSR count). The number of hydrogen-bond donors (Lipinski definition) is 1. The van der Waals surface area contributed by atoms with Gasteiger partial charge in [0, 0.05) is 9.51 Å². The van der Waals surface area contributed by atoms with Crippen LogP contribution in [0.25, 0.3) is 0 Å². The first-order chi connectivity index (χ1) is 9.41. The van der Waals surface area contributed by atoms with Crippen LogP contribution in [-0.2, 0) is 9.59 Å². The number of nitrogens with one attached hydrogen (secondary N) is 1. The van der Waals surface area contributed by atoms with E-state index in [0.29, 0.717) is 10.0 Å². The van der Waals surface area contributed by atoms with Crippen LogP contribution in [0.2, 0.25) is 0 Å².